The van der Waals surface area contributed by atoms with Crippen LogP contribution in [0.2, 0.25) is 0 Å². The smallest absolute Gasteiger partial charge is 0.122 e. The second-order valence-electron chi connectivity index (χ2n) is 3.09. The fourth-order valence-electron chi connectivity index (χ4n) is 1.19. The number of aryl methyl sites for hydroxylation is 1. The van der Waals surface area contributed by atoms with Crippen LogP contribution in [0.4, 0.5) is 0 Å². The van der Waals surface area contributed by atoms with Crippen molar-refractivity contribution in [1.29, 1.82) is 0 Å². The molecular formula is C9H12N2O2S. The molecule has 0 saturated heterocycles. The van der Waals surface area contributed by atoms with Crippen molar-refractivity contribution in [3.8, 4) is 0 Å². The summed E-state index contributed by atoms with van der Waals surface area (Å²) in [4.78, 5) is 9.16. The van der Waals surface area contributed by atoms with Gasteiger partial charge in [0.1, 0.15) is 6.61 Å². The molecule has 0 unspecified atom stereocenters. The molecule has 0 saturated carbocycles. The number of oxime groups is 1. The average Bonchev–Trinajstić information content (AvgIpc) is 2.77. The molecule has 0 fully saturated rings. The predicted molar refractivity (Wildman–Crippen MR) is 54.5 cm³/mol. The molecule has 14 heavy (non-hydrogen) atoms. The molecule has 1 aliphatic heterocycles. The molecule has 1 aromatic heterocycles. The molecule has 0 N–H and O–H groups in total. The molecule has 0 aliphatic carbocycles. The Morgan fingerprint density at radius 3 is 3.14 bits per heavy atom. The van der Waals surface area contributed by atoms with E-state index in [0.29, 0.717) is 19.8 Å². The van der Waals surface area contributed by atoms with Crippen molar-refractivity contribution >= 4 is 17.0 Å². The Morgan fingerprint density at radius 1 is 1.57 bits per heavy atom. The average molecular weight is 212 g/mol. The molecule has 76 valence electrons. The first kappa shape index (κ1) is 9.61. The van der Waals surface area contributed by atoms with Gasteiger partial charge < -0.3 is 9.57 Å². The quantitative estimate of drug-likeness (QED) is 0.763. The van der Waals surface area contributed by atoms with Crippen LogP contribution in [0.3, 0.4) is 0 Å². The van der Waals surface area contributed by atoms with Gasteiger partial charge in [-0.25, -0.2) is 4.98 Å². The van der Waals surface area contributed by atoms with Crippen molar-refractivity contribution in [3.05, 3.63) is 16.1 Å². The van der Waals surface area contributed by atoms with Crippen LogP contribution in [-0.4, -0.2) is 23.9 Å². The maximum absolute atomic E-state index is 5.45. The fraction of sp³-hybridized carbons (Fsp3) is 0.556. The first-order chi connectivity index (χ1) is 6.84. The van der Waals surface area contributed by atoms with Crippen LogP contribution in [0.15, 0.2) is 10.5 Å². The number of rotatable bonds is 4. The molecule has 0 atom stereocenters. The van der Waals surface area contributed by atoms with Gasteiger partial charge in [-0.15, -0.1) is 11.3 Å². The molecule has 2 heterocycles. The zero-order valence-electron chi connectivity index (χ0n) is 8.02. The minimum atomic E-state index is 0.552. The zero-order chi connectivity index (χ0) is 9.80. The molecule has 0 amide bonds. The summed E-state index contributed by atoms with van der Waals surface area (Å²) in [5.74, 6) is 0. The molecular weight excluding hydrogens is 200 g/mol. The Morgan fingerprint density at radius 2 is 2.50 bits per heavy atom. The van der Waals surface area contributed by atoms with Crippen LogP contribution in [0.1, 0.15) is 17.1 Å². The van der Waals surface area contributed by atoms with Gasteiger partial charge in [-0.05, 0) is 6.92 Å². The van der Waals surface area contributed by atoms with Crippen LogP contribution in [0, 0.1) is 6.92 Å². The third-order valence-electron chi connectivity index (χ3n) is 1.86. The lowest BCUT2D eigenvalue weighted by atomic mass is 10.3. The standard InChI is InChI=1S/C9H12N2O2S/c1-7-10-9(6-14-7)5-12-4-8-2-3-13-11-8/h6H,2-5H2,1H3. The van der Waals surface area contributed by atoms with Gasteiger partial charge >= 0.3 is 0 Å². The minimum absolute atomic E-state index is 0.552. The fourth-order valence-corrected chi connectivity index (χ4v) is 1.79. The lowest BCUT2D eigenvalue weighted by Gasteiger charge is -1.99. The van der Waals surface area contributed by atoms with E-state index in [9.17, 15) is 0 Å². The lowest BCUT2D eigenvalue weighted by Crippen LogP contribution is -2.06. The molecule has 0 bridgehead atoms. The third-order valence-corrected chi connectivity index (χ3v) is 2.68. The second kappa shape index (κ2) is 4.52. The van der Waals surface area contributed by atoms with Crippen molar-refractivity contribution in [1.82, 2.24) is 4.98 Å². The summed E-state index contributed by atoms with van der Waals surface area (Å²) in [5, 5.41) is 6.94. The Kier molecular flexibility index (Phi) is 3.10. The Bertz CT molecular complexity index is 335. The third kappa shape index (κ3) is 2.52. The number of ether oxygens (including phenoxy) is 1. The molecule has 1 aromatic rings. The summed E-state index contributed by atoms with van der Waals surface area (Å²) in [6, 6.07) is 0. The minimum Gasteiger partial charge on any atom is -0.395 e. The van der Waals surface area contributed by atoms with Crippen LogP contribution in [0.5, 0.6) is 0 Å². The largest absolute Gasteiger partial charge is 0.395 e. The van der Waals surface area contributed by atoms with Crippen LogP contribution in [-0.2, 0) is 16.2 Å². The van der Waals surface area contributed by atoms with E-state index in [4.69, 9.17) is 9.57 Å². The Labute approximate surface area is 86.6 Å². The molecule has 5 heteroatoms. The Balaban J connectivity index is 1.72. The lowest BCUT2D eigenvalue weighted by molar-refractivity contribution is 0.152. The molecule has 1 aliphatic rings. The molecule has 0 spiro atoms. The molecule has 4 nitrogen and oxygen atoms in total. The van der Waals surface area contributed by atoms with E-state index in [1.807, 2.05) is 12.3 Å². The monoisotopic (exact) mass is 212 g/mol. The normalized spacial score (nSPS) is 15.4. The van der Waals surface area contributed by atoms with Crippen LogP contribution in [0.25, 0.3) is 0 Å². The summed E-state index contributed by atoms with van der Waals surface area (Å²) in [5.41, 5.74) is 1.98. The van der Waals surface area contributed by atoms with Gasteiger partial charge in [0.2, 0.25) is 0 Å². The van der Waals surface area contributed by atoms with Gasteiger partial charge in [-0.1, -0.05) is 5.16 Å². The van der Waals surface area contributed by atoms with Crippen molar-refractivity contribution < 1.29 is 9.57 Å². The molecule has 2 rings (SSSR count). The number of hydrogen-bond donors (Lipinski definition) is 0. The van der Waals surface area contributed by atoms with E-state index in [-0.39, 0.29) is 0 Å². The van der Waals surface area contributed by atoms with E-state index in [1.165, 1.54) is 0 Å². The maximum Gasteiger partial charge on any atom is 0.122 e. The van der Waals surface area contributed by atoms with Gasteiger partial charge in [-0.3, -0.25) is 0 Å². The summed E-state index contributed by atoms with van der Waals surface area (Å²) < 4.78 is 5.45. The van der Waals surface area contributed by atoms with Crippen molar-refractivity contribution in [2.24, 2.45) is 5.16 Å². The SMILES string of the molecule is Cc1nc(COCC2=NOCC2)cs1. The number of hydrogen-bond acceptors (Lipinski definition) is 5. The summed E-state index contributed by atoms with van der Waals surface area (Å²) >= 11 is 1.64. The van der Waals surface area contributed by atoms with Gasteiger partial charge in [0.15, 0.2) is 0 Å². The van der Waals surface area contributed by atoms with E-state index in [2.05, 4.69) is 10.1 Å². The van der Waals surface area contributed by atoms with Gasteiger partial charge in [-0.2, -0.15) is 0 Å². The van der Waals surface area contributed by atoms with Gasteiger partial charge in [0, 0.05) is 11.8 Å². The van der Waals surface area contributed by atoms with Gasteiger partial charge in [0.25, 0.3) is 0 Å². The van der Waals surface area contributed by atoms with E-state index in [1.54, 1.807) is 11.3 Å². The Hall–Kier alpha value is -0.940. The number of aromatic nitrogens is 1. The predicted octanol–water partition coefficient (Wildman–Crippen LogP) is 1.74. The zero-order valence-corrected chi connectivity index (χ0v) is 8.84. The van der Waals surface area contributed by atoms with Gasteiger partial charge in [0.05, 0.1) is 29.6 Å². The maximum atomic E-state index is 5.45. The highest BCUT2D eigenvalue weighted by atomic mass is 32.1. The first-order valence-electron chi connectivity index (χ1n) is 4.51. The van der Waals surface area contributed by atoms with E-state index >= 15 is 0 Å². The van der Waals surface area contributed by atoms with Crippen molar-refractivity contribution in [2.45, 2.75) is 20.0 Å². The van der Waals surface area contributed by atoms with Crippen molar-refractivity contribution in [2.75, 3.05) is 13.2 Å². The highest BCUT2D eigenvalue weighted by Gasteiger charge is 2.08. The summed E-state index contributed by atoms with van der Waals surface area (Å²) in [6.45, 7) is 3.79. The summed E-state index contributed by atoms with van der Waals surface area (Å²) in [7, 11) is 0. The molecule has 0 radical (unpaired) electrons. The molecule has 0 aromatic carbocycles. The summed E-state index contributed by atoms with van der Waals surface area (Å²) in [6.07, 6.45) is 0.885. The van der Waals surface area contributed by atoms with Crippen LogP contribution < -0.4 is 0 Å². The highest BCUT2D eigenvalue weighted by molar-refractivity contribution is 7.09. The number of thiazole rings is 1. The highest BCUT2D eigenvalue weighted by Crippen LogP contribution is 2.09. The second-order valence-corrected chi connectivity index (χ2v) is 4.15. The number of nitrogens with zero attached hydrogens (tertiary/aromatic N) is 2. The topological polar surface area (TPSA) is 43.7 Å². The van der Waals surface area contributed by atoms with Crippen molar-refractivity contribution in [3.63, 3.8) is 0 Å². The van der Waals surface area contributed by atoms with Crippen LogP contribution >= 0.6 is 11.3 Å². The van der Waals surface area contributed by atoms with E-state index < -0.39 is 0 Å². The first-order valence-corrected chi connectivity index (χ1v) is 5.39. The van der Waals surface area contributed by atoms with E-state index in [0.717, 1.165) is 22.8 Å².